The van der Waals surface area contributed by atoms with Crippen LogP contribution in [-0.4, -0.2) is 30.9 Å². The number of hydrogen-bond donors (Lipinski definition) is 5. The third kappa shape index (κ3) is 11.4. The number of halogens is 1. The molecule has 0 amide bonds. The van der Waals surface area contributed by atoms with Crippen LogP contribution < -0.4 is 0 Å². The number of hydrogen-bond acceptors (Lipinski definition) is 6. The normalized spacial score (nSPS) is 8.32. The van der Waals surface area contributed by atoms with Gasteiger partial charge in [-0.3, -0.25) is 9.45 Å². The molecule has 2 aromatic carbocycles. The van der Waals surface area contributed by atoms with E-state index in [1.54, 1.807) is 12.1 Å². The SMILES string of the molecule is CC(=O)c1cc(O)cc(O)c1.CCc1cc(O)cc(O)c1.OCl.[CH3-].[Pd]. The molecule has 0 aliphatic rings. The molecule has 0 saturated heterocycles. The molecule has 5 N–H and O–H groups in total. The van der Waals surface area contributed by atoms with Crippen molar-refractivity contribution >= 4 is 17.6 Å². The number of Topliss-reactive ketones (excluding diaryl/α,β-unsaturated/α-hetero) is 1. The summed E-state index contributed by atoms with van der Waals surface area (Å²) in [6.45, 7) is 3.34. The van der Waals surface area contributed by atoms with Crippen molar-refractivity contribution in [3.8, 4) is 23.0 Å². The second-order valence-electron chi connectivity index (χ2n) is 4.51. The van der Waals surface area contributed by atoms with Crippen LogP contribution in [0, 0.1) is 7.43 Å². The maximum atomic E-state index is 10.7. The maximum absolute atomic E-state index is 10.7. The van der Waals surface area contributed by atoms with Gasteiger partial charge in [-0.15, -0.1) is 0 Å². The maximum Gasteiger partial charge on any atom is 0.160 e. The van der Waals surface area contributed by atoms with Crippen molar-refractivity contribution in [2.24, 2.45) is 0 Å². The molecule has 0 unspecified atom stereocenters. The first kappa shape index (κ1) is 28.0. The molecule has 25 heavy (non-hydrogen) atoms. The smallest absolute Gasteiger partial charge is 0.160 e. The van der Waals surface area contributed by atoms with Crippen LogP contribution in [0.4, 0.5) is 0 Å². The Kier molecular flexibility index (Phi) is 16.3. The predicted octanol–water partition coefficient (Wildman–Crippen LogP) is 3.54. The van der Waals surface area contributed by atoms with Gasteiger partial charge in [0.1, 0.15) is 23.0 Å². The van der Waals surface area contributed by atoms with E-state index in [1.807, 2.05) is 6.92 Å². The number of ketones is 1. The summed E-state index contributed by atoms with van der Waals surface area (Å²) in [5.74, 6) is -0.143. The average Bonchev–Trinajstić information content (AvgIpc) is 2.48. The van der Waals surface area contributed by atoms with Gasteiger partial charge in [0.05, 0.1) is 11.9 Å². The average molecular weight is 464 g/mol. The standard InChI is InChI=1S/C8H8O3.C8H10O2.CH3.ClHO.Pd/c1-5(9)6-2-7(10)4-8(11)3-6;1-2-6-3-7(9)5-8(10)4-6;;1-2;/h2-4,10-11H,1H3;3-5,9-10H,2H2,1H3;1H3;2H;/q;;-1;;. The van der Waals surface area contributed by atoms with Gasteiger partial charge in [-0.05, 0) is 43.2 Å². The van der Waals surface area contributed by atoms with E-state index < -0.39 is 0 Å². The minimum atomic E-state index is -0.184. The van der Waals surface area contributed by atoms with Gasteiger partial charge in [0.2, 0.25) is 0 Å². The van der Waals surface area contributed by atoms with Gasteiger partial charge in [0, 0.05) is 38.1 Å². The summed E-state index contributed by atoms with van der Waals surface area (Å²) in [6, 6.07) is 8.38. The van der Waals surface area contributed by atoms with E-state index in [0.29, 0.717) is 5.56 Å². The van der Waals surface area contributed by atoms with Gasteiger partial charge < -0.3 is 27.9 Å². The summed E-state index contributed by atoms with van der Waals surface area (Å²) in [5.41, 5.74) is 1.25. The number of aromatic hydroxyl groups is 4. The fraction of sp³-hybridized carbons (Fsp3) is 0.176. The molecular weight excluding hydrogens is 442 g/mol. The Hall–Kier alpha value is -1.78. The molecular formula is C17H22ClO6Pd-. The summed E-state index contributed by atoms with van der Waals surface area (Å²) in [5, 5.41) is 35.8. The quantitative estimate of drug-likeness (QED) is 0.264. The molecule has 2 aromatic rings. The first-order valence-corrected chi connectivity index (χ1v) is 6.88. The third-order valence-electron chi connectivity index (χ3n) is 2.68. The zero-order valence-corrected chi connectivity index (χ0v) is 16.3. The zero-order chi connectivity index (χ0) is 18.0. The molecule has 0 radical (unpaired) electrons. The van der Waals surface area contributed by atoms with Gasteiger partial charge in [-0.25, -0.2) is 0 Å². The van der Waals surface area contributed by atoms with Crippen LogP contribution in [0.25, 0.3) is 0 Å². The van der Waals surface area contributed by atoms with Crippen LogP contribution in [0.5, 0.6) is 23.0 Å². The van der Waals surface area contributed by atoms with E-state index in [2.05, 4.69) is 11.9 Å². The van der Waals surface area contributed by atoms with Gasteiger partial charge >= 0.3 is 0 Å². The van der Waals surface area contributed by atoms with Crippen LogP contribution in [0.1, 0.15) is 29.8 Å². The van der Waals surface area contributed by atoms with E-state index >= 15 is 0 Å². The molecule has 144 valence electrons. The van der Waals surface area contributed by atoms with Crippen molar-refractivity contribution in [3.05, 3.63) is 55.0 Å². The van der Waals surface area contributed by atoms with E-state index in [0.717, 1.165) is 12.0 Å². The van der Waals surface area contributed by atoms with Crippen molar-refractivity contribution in [2.45, 2.75) is 20.3 Å². The summed E-state index contributed by atoms with van der Waals surface area (Å²) in [6.07, 6.45) is 0.821. The number of rotatable bonds is 2. The van der Waals surface area contributed by atoms with Crippen molar-refractivity contribution in [2.75, 3.05) is 0 Å². The molecule has 2 rings (SSSR count). The Labute approximate surface area is 166 Å². The summed E-state index contributed by atoms with van der Waals surface area (Å²) in [7, 11) is 0. The predicted molar refractivity (Wildman–Crippen MR) is 93.4 cm³/mol. The first-order chi connectivity index (χ1) is 10.8. The fourth-order valence-electron chi connectivity index (χ4n) is 1.66. The van der Waals surface area contributed by atoms with Gasteiger partial charge in [0.25, 0.3) is 0 Å². The minimum absolute atomic E-state index is 0. The molecule has 0 spiro atoms. The largest absolute Gasteiger partial charge is 0.508 e. The Bertz CT molecular complexity index is 609. The zero-order valence-electron chi connectivity index (χ0n) is 14.0. The Morgan fingerprint density at radius 2 is 1.16 bits per heavy atom. The molecule has 8 heteroatoms. The summed E-state index contributed by atoms with van der Waals surface area (Å²) < 4.78 is 6.47. The Morgan fingerprint density at radius 1 is 0.840 bits per heavy atom. The molecule has 0 atom stereocenters. The number of benzene rings is 2. The molecule has 0 aliphatic heterocycles. The van der Waals surface area contributed by atoms with E-state index in [-0.39, 0.29) is 56.6 Å². The second-order valence-corrected chi connectivity index (χ2v) is 4.51. The van der Waals surface area contributed by atoms with Crippen LogP contribution in [0.3, 0.4) is 0 Å². The molecule has 0 aromatic heterocycles. The number of carbonyl (C=O) groups excluding carboxylic acids is 1. The van der Waals surface area contributed by atoms with E-state index in [9.17, 15) is 4.79 Å². The van der Waals surface area contributed by atoms with Crippen molar-refractivity contribution in [3.63, 3.8) is 0 Å². The molecule has 0 fully saturated rings. The summed E-state index contributed by atoms with van der Waals surface area (Å²) >= 11 is 3.64. The van der Waals surface area contributed by atoms with E-state index in [1.165, 1.54) is 31.2 Å². The third-order valence-corrected chi connectivity index (χ3v) is 2.68. The van der Waals surface area contributed by atoms with Gasteiger partial charge in [-0.1, -0.05) is 6.92 Å². The monoisotopic (exact) mass is 463 g/mol. The van der Waals surface area contributed by atoms with Crippen LogP contribution in [0.15, 0.2) is 36.4 Å². The van der Waals surface area contributed by atoms with Crippen molar-refractivity contribution in [1.29, 1.82) is 0 Å². The Balaban J connectivity index is -0.000000329. The molecule has 0 bridgehead atoms. The van der Waals surface area contributed by atoms with Crippen LogP contribution in [-0.2, 0) is 26.8 Å². The topological polar surface area (TPSA) is 118 Å². The number of carbonyl (C=O) groups is 1. The molecule has 0 aliphatic carbocycles. The first-order valence-electron chi connectivity index (χ1n) is 6.54. The minimum Gasteiger partial charge on any atom is -0.508 e. The second kappa shape index (κ2) is 14.6. The van der Waals surface area contributed by atoms with E-state index in [4.69, 9.17) is 25.1 Å². The number of phenolic OH excluding ortho intramolecular Hbond substituents is 4. The van der Waals surface area contributed by atoms with Crippen LogP contribution in [0.2, 0.25) is 0 Å². The molecule has 0 heterocycles. The molecule has 0 saturated carbocycles. The number of phenols is 4. The van der Waals surface area contributed by atoms with Gasteiger partial charge in [-0.2, -0.15) is 0 Å². The van der Waals surface area contributed by atoms with Crippen molar-refractivity contribution < 1.29 is 50.3 Å². The van der Waals surface area contributed by atoms with Crippen LogP contribution >= 0.6 is 11.9 Å². The van der Waals surface area contributed by atoms with Gasteiger partial charge in [0.15, 0.2) is 5.78 Å². The fourth-order valence-corrected chi connectivity index (χ4v) is 1.66. The van der Waals surface area contributed by atoms with Crippen molar-refractivity contribution in [1.82, 2.24) is 0 Å². The molecule has 6 nitrogen and oxygen atoms in total. The number of aryl methyl sites for hydroxylation is 1. The summed E-state index contributed by atoms with van der Waals surface area (Å²) in [4.78, 5) is 10.7. The Morgan fingerprint density at radius 3 is 1.44 bits per heavy atom.